The van der Waals surface area contributed by atoms with Crippen molar-refractivity contribution < 1.29 is 18.7 Å². The number of rotatable bonds is 6. The summed E-state index contributed by atoms with van der Waals surface area (Å²) in [6.07, 6.45) is -0.860. The van der Waals surface area contributed by atoms with E-state index in [1.165, 1.54) is 30.3 Å². The van der Waals surface area contributed by atoms with Crippen molar-refractivity contribution in [3.05, 3.63) is 94.8 Å². The Morgan fingerprint density at radius 2 is 1.68 bits per heavy atom. The normalized spacial score (nSPS) is 11.5. The first kappa shape index (κ1) is 19.6. The van der Waals surface area contributed by atoms with Crippen LogP contribution in [-0.2, 0) is 4.79 Å². The lowest BCUT2D eigenvalue weighted by Gasteiger charge is -2.16. The Hall–Kier alpha value is -3.18. The number of carbonyl (C=O) groups excluding carboxylic acids is 2. The molecule has 1 amide bonds. The minimum absolute atomic E-state index is 0.259. The summed E-state index contributed by atoms with van der Waals surface area (Å²) in [5, 5.41) is 3.08. The van der Waals surface area contributed by atoms with Gasteiger partial charge in [-0.15, -0.1) is 0 Å². The van der Waals surface area contributed by atoms with E-state index in [2.05, 4.69) is 5.32 Å². The molecule has 0 saturated heterocycles. The second-order valence-electron chi connectivity index (χ2n) is 6.09. The standard InChI is InChI=1S/C22H17ClFNO3/c1-14(28-18-10-8-17(24)9-11-18)22(27)25-20-12-7-16(23)13-19(20)21(26)15-5-3-2-4-6-15/h2-14H,1H3,(H,25,27)/t14-/m1/s1. The molecule has 0 radical (unpaired) electrons. The van der Waals surface area contributed by atoms with Crippen molar-refractivity contribution >= 4 is 29.0 Å². The van der Waals surface area contributed by atoms with E-state index in [4.69, 9.17) is 16.3 Å². The molecule has 0 saturated carbocycles. The molecule has 0 unspecified atom stereocenters. The molecule has 3 aromatic carbocycles. The molecule has 1 N–H and O–H groups in total. The zero-order chi connectivity index (χ0) is 20.1. The van der Waals surface area contributed by atoms with Gasteiger partial charge in [-0.2, -0.15) is 0 Å². The fourth-order valence-corrected chi connectivity index (χ4v) is 2.74. The molecule has 0 spiro atoms. The largest absolute Gasteiger partial charge is 0.481 e. The highest BCUT2D eigenvalue weighted by Gasteiger charge is 2.20. The number of ketones is 1. The molecular weight excluding hydrogens is 381 g/mol. The van der Waals surface area contributed by atoms with Crippen LogP contribution in [0.4, 0.5) is 10.1 Å². The Morgan fingerprint density at radius 3 is 2.36 bits per heavy atom. The van der Waals surface area contributed by atoms with Crippen molar-refractivity contribution in [3.8, 4) is 5.75 Å². The van der Waals surface area contributed by atoms with Crippen LogP contribution in [0.2, 0.25) is 5.02 Å². The molecule has 0 aromatic heterocycles. The van der Waals surface area contributed by atoms with Gasteiger partial charge in [0.1, 0.15) is 11.6 Å². The molecule has 0 bridgehead atoms. The third-order valence-corrected chi connectivity index (χ3v) is 4.25. The Labute approximate surface area is 166 Å². The van der Waals surface area contributed by atoms with Crippen LogP contribution >= 0.6 is 11.6 Å². The van der Waals surface area contributed by atoms with E-state index in [0.29, 0.717) is 22.0 Å². The molecule has 142 valence electrons. The van der Waals surface area contributed by atoms with Gasteiger partial charge in [-0.05, 0) is 49.4 Å². The predicted octanol–water partition coefficient (Wildman–Crippen LogP) is 5.12. The second kappa shape index (κ2) is 8.67. The Bertz CT molecular complexity index is 990. The maximum Gasteiger partial charge on any atom is 0.265 e. The quantitative estimate of drug-likeness (QED) is 0.587. The van der Waals surface area contributed by atoms with Gasteiger partial charge in [-0.3, -0.25) is 9.59 Å². The average Bonchev–Trinajstić information content (AvgIpc) is 2.71. The number of anilines is 1. The van der Waals surface area contributed by atoms with Crippen molar-refractivity contribution in [1.29, 1.82) is 0 Å². The molecule has 0 fully saturated rings. The summed E-state index contributed by atoms with van der Waals surface area (Å²) in [4.78, 5) is 25.3. The second-order valence-corrected chi connectivity index (χ2v) is 6.52. The van der Waals surface area contributed by atoms with Gasteiger partial charge >= 0.3 is 0 Å². The van der Waals surface area contributed by atoms with Gasteiger partial charge in [0.2, 0.25) is 0 Å². The van der Waals surface area contributed by atoms with Gasteiger partial charge in [-0.25, -0.2) is 4.39 Å². The maximum absolute atomic E-state index is 13.0. The highest BCUT2D eigenvalue weighted by Crippen LogP contribution is 2.24. The molecule has 3 aromatic rings. The molecule has 0 aliphatic rings. The lowest BCUT2D eigenvalue weighted by molar-refractivity contribution is -0.122. The lowest BCUT2D eigenvalue weighted by Crippen LogP contribution is -2.30. The van der Waals surface area contributed by atoms with Gasteiger partial charge in [0.15, 0.2) is 11.9 Å². The summed E-state index contributed by atoms with van der Waals surface area (Å²) >= 11 is 6.05. The van der Waals surface area contributed by atoms with E-state index in [1.807, 2.05) is 6.07 Å². The number of hydrogen-bond donors (Lipinski definition) is 1. The molecule has 0 heterocycles. The first-order chi connectivity index (χ1) is 13.4. The van der Waals surface area contributed by atoms with Crippen LogP contribution in [0.3, 0.4) is 0 Å². The number of benzene rings is 3. The van der Waals surface area contributed by atoms with Gasteiger partial charge in [0.25, 0.3) is 5.91 Å². The minimum Gasteiger partial charge on any atom is -0.481 e. The van der Waals surface area contributed by atoms with E-state index in [0.717, 1.165) is 0 Å². The van der Waals surface area contributed by atoms with E-state index < -0.39 is 17.8 Å². The lowest BCUT2D eigenvalue weighted by atomic mass is 10.0. The Balaban J connectivity index is 1.79. The molecule has 28 heavy (non-hydrogen) atoms. The summed E-state index contributed by atoms with van der Waals surface area (Å²) in [6, 6.07) is 18.7. The van der Waals surface area contributed by atoms with Crippen molar-refractivity contribution in [1.82, 2.24) is 0 Å². The molecule has 1 atom stereocenters. The van der Waals surface area contributed by atoms with Crippen LogP contribution in [0.15, 0.2) is 72.8 Å². The van der Waals surface area contributed by atoms with Crippen LogP contribution in [0.5, 0.6) is 5.75 Å². The topological polar surface area (TPSA) is 55.4 Å². The summed E-state index contributed by atoms with van der Waals surface area (Å²) in [5.74, 6) is -0.741. The maximum atomic E-state index is 13.0. The number of ether oxygens (including phenoxy) is 1. The van der Waals surface area contributed by atoms with E-state index in [1.54, 1.807) is 43.3 Å². The van der Waals surface area contributed by atoms with E-state index in [9.17, 15) is 14.0 Å². The van der Waals surface area contributed by atoms with Gasteiger partial charge in [-0.1, -0.05) is 41.9 Å². The van der Waals surface area contributed by atoms with Crippen molar-refractivity contribution in [3.63, 3.8) is 0 Å². The predicted molar refractivity (Wildman–Crippen MR) is 106 cm³/mol. The average molecular weight is 398 g/mol. The fraction of sp³-hybridized carbons (Fsp3) is 0.0909. The third-order valence-electron chi connectivity index (χ3n) is 4.02. The molecule has 6 heteroatoms. The van der Waals surface area contributed by atoms with Crippen molar-refractivity contribution in [2.75, 3.05) is 5.32 Å². The van der Waals surface area contributed by atoms with Crippen LogP contribution in [0.1, 0.15) is 22.8 Å². The summed E-state index contributed by atoms with van der Waals surface area (Å²) in [5.41, 5.74) is 1.09. The van der Waals surface area contributed by atoms with E-state index >= 15 is 0 Å². The first-order valence-electron chi connectivity index (χ1n) is 8.56. The SMILES string of the molecule is C[C@@H](Oc1ccc(F)cc1)C(=O)Nc1ccc(Cl)cc1C(=O)c1ccccc1. The number of halogens is 2. The van der Waals surface area contributed by atoms with Crippen LogP contribution in [-0.4, -0.2) is 17.8 Å². The third kappa shape index (κ3) is 4.75. The van der Waals surface area contributed by atoms with Crippen LogP contribution in [0.25, 0.3) is 0 Å². The monoisotopic (exact) mass is 397 g/mol. The van der Waals surface area contributed by atoms with Gasteiger partial charge < -0.3 is 10.1 Å². The summed E-state index contributed by atoms with van der Waals surface area (Å²) < 4.78 is 18.5. The molecule has 0 aliphatic carbocycles. The van der Waals surface area contributed by atoms with Crippen LogP contribution in [0, 0.1) is 5.82 Å². The molecule has 3 rings (SSSR count). The van der Waals surface area contributed by atoms with E-state index in [-0.39, 0.29) is 11.3 Å². The number of hydrogen-bond acceptors (Lipinski definition) is 3. The van der Waals surface area contributed by atoms with Crippen LogP contribution < -0.4 is 10.1 Å². The molecule has 4 nitrogen and oxygen atoms in total. The highest BCUT2D eigenvalue weighted by atomic mass is 35.5. The number of carbonyl (C=O) groups is 2. The summed E-state index contributed by atoms with van der Waals surface area (Å²) in [6.45, 7) is 1.56. The van der Waals surface area contributed by atoms with Crippen molar-refractivity contribution in [2.24, 2.45) is 0 Å². The zero-order valence-electron chi connectivity index (χ0n) is 15.0. The number of nitrogens with one attached hydrogen (secondary N) is 1. The highest BCUT2D eigenvalue weighted by molar-refractivity contribution is 6.31. The number of amides is 1. The molecular formula is C22H17ClFNO3. The zero-order valence-corrected chi connectivity index (χ0v) is 15.7. The van der Waals surface area contributed by atoms with Gasteiger partial charge in [0.05, 0.1) is 5.69 Å². The Morgan fingerprint density at radius 1 is 1.00 bits per heavy atom. The van der Waals surface area contributed by atoms with Crippen molar-refractivity contribution in [2.45, 2.75) is 13.0 Å². The van der Waals surface area contributed by atoms with Gasteiger partial charge in [0, 0.05) is 16.1 Å². The molecule has 0 aliphatic heterocycles. The fourth-order valence-electron chi connectivity index (χ4n) is 2.56. The summed E-state index contributed by atoms with van der Waals surface area (Å²) in [7, 11) is 0. The minimum atomic E-state index is -0.860. The first-order valence-corrected chi connectivity index (χ1v) is 8.94. The Kier molecular flexibility index (Phi) is 6.06. The smallest absolute Gasteiger partial charge is 0.265 e.